The van der Waals surface area contributed by atoms with E-state index >= 15 is 0 Å². The van der Waals surface area contributed by atoms with E-state index in [4.69, 9.17) is 4.74 Å². The lowest BCUT2D eigenvalue weighted by atomic mass is 9.95. The van der Waals surface area contributed by atoms with Gasteiger partial charge in [-0.1, -0.05) is 67.9 Å². The maximum absolute atomic E-state index is 14.3. The molecule has 0 aliphatic carbocycles. The number of benzene rings is 2. The number of carbonyl (C=O) groups is 3. The van der Waals surface area contributed by atoms with Gasteiger partial charge in [0, 0.05) is 18.5 Å². The van der Waals surface area contributed by atoms with Gasteiger partial charge in [0.1, 0.15) is 17.7 Å². The van der Waals surface area contributed by atoms with Gasteiger partial charge in [-0.2, -0.15) is 0 Å². The molecule has 0 heterocycles. The van der Waals surface area contributed by atoms with E-state index in [0.717, 1.165) is 29.5 Å². The minimum Gasteiger partial charge on any atom is -0.444 e. The summed E-state index contributed by atoms with van der Waals surface area (Å²) < 4.78 is 5.49. The molecule has 3 atom stereocenters. The van der Waals surface area contributed by atoms with Crippen LogP contribution in [0.2, 0.25) is 0 Å². The van der Waals surface area contributed by atoms with Gasteiger partial charge < -0.3 is 20.3 Å². The van der Waals surface area contributed by atoms with Crippen LogP contribution < -0.4 is 10.6 Å². The molecule has 38 heavy (non-hydrogen) atoms. The highest BCUT2D eigenvalue weighted by Crippen LogP contribution is 2.28. The Morgan fingerprint density at radius 1 is 0.921 bits per heavy atom. The van der Waals surface area contributed by atoms with Crippen molar-refractivity contribution < 1.29 is 19.1 Å². The molecule has 0 bridgehead atoms. The van der Waals surface area contributed by atoms with E-state index in [-0.39, 0.29) is 30.3 Å². The van der Waals surface area contributed by atoms with Gasteiger partial charge in [-0.05, 0) is 71.6 Å². The monoisotopic (exact) mass is 523 g/mol. The van der Waals surface area contributed by atoms with Gasteiger partial charge in [-0.25, -0.2) is 4.79 Å². The summed E-state index contributed by atoms with van der Waals surface area (Å²) in [7, 11) is 0. The van der Waals surface area contributed by atoms with Crippen LogP contribution in [0.15, 0.2) is 54.6 Å². The predicted molar refractivity (Wildman–Crippen MR) is 152 cm³/mol. The van der Waals surface area contributed by atoms with Crippen molar-refractivity contribution in [1.82, 2.24) is 15.5 Å². The Labute approximate surface area is 228 Å². The lowest BCUT2D eigenvalue weighted by molar-refractivity contribution is -0.144. The van der Waals surface area contributed by atoms with Crippen molar-refractivity contribution >= 4 is 17.9 Å². The normalized spacial score (nSPS) is 13.8. The first-order chi connectivity index (χ1) is 17.8. The number of hydrogen-bond donors (Lipinski definition) is 2. The molecule has 0 saturated heterocycles. The first-order valence-electron chi connectivity index (χ1n) is 13.6. The van der Waals surface area contributed by atoms with E-state index in [1.54, 1.807) is 25.7 Å². The first kappa shape index (κ1) is 30.9. The number of ether oxygens (including phenoxy) is 1. The van der Waals surface area contributed by atoms with Crippen LogP contribution in [0.25, 0.3) is 0 Å². The fourth-order valence-corrected chi connectivity index (χ4v) is 4.50. The van der Waals surface area contributed by atoms with E-state index in [0.29, 0.717) is 0 Å². The summed E-state index contributed by atoms with van der Waals surface area (Å²) >= 11 is 0. The topological polar surface area (TPSA) is 87.7 Å². The molecule has 2 aromatic carbocycles. The molecule has 3 unspecified atom stereocenters. The average molecular weight is 524 g/mol. The molecule has 208 valence electrons. The maximum atomic E-state index is 14.3. The standard InChI is InChI=1S/C31H45N3O4/c1-9-15-23(5)32-28(35)27(25-19-14-13-16-22(25)4)34(21(2)3)29(36)26(20-24-17-11-10-12-18-24)33-30(37)38-31(6,7)8/h10-14,16-19,21,23,26-27H,9,15,20H2,1-8H3,(H,32,35)(H,33,37). The van der Waals surface area contributed by atoms with Gasteiger partial charge in [0.05, 0.1) is 0 Å². The summed E-state index contributed by atoms with van der Waals surface area (Å²) in [6, 6.07) is 15.0. The summed E-state index contributed by atoms with van der Waals surface area (Å²) in [5.41, 5.74) is 1.83. The molecule has 0 saturated carbocycles. The predicted octanol–water partition coefficient (Wildman–Crippen LogP) is 5.71. The van der Waals surface area contributed by atoms with Crippen molar-refractivity contribution in [3.05, 3.63) is 71.3 Å². The van der Waals surface area contributed by atoms with Crippen LogP contribution in [0.1, 0.15) is 84.0 Å². The van der Waals surface area contributed by atoms with Crippen LogP contribution >= 0.6 is 0 Å². The van der Waals surface area contributed by atoms with Crippen LogP contribution in [0.4, 0.5) is 4.79 Å². The number of nitrogens with zero attached hydrogens (tertiary/aromatic N) is 1. The Hall–Kier alpha value is -3.35. The summed E-state index contributed by atoms with van der Waals surface area (Å²) in [5, 5.41) is 5.91. The van der Waals surface area contributed by atoms with Crippen LogP contribution in [-0.2, 0) is 20.7 Å². The molecule has 0 spiro atoms. The van der Waals surface area contributed by atoms with Crippen LogP contribution in [0.3, 0.4) is 0 Å². The summed E-state index contributed by atoms with van der Waals surface area (Å²) in [6.07, 6.45) is 1.35. The van der Waals surface area contributed by atoms with Crippen molar-refractivity contribution in [2.24, 2.45) is 0 Å². The van der Waals surface area contributed by atoms with E-state index in [2.05, 4.69) is 17.6 Å². The lowest BCUT2D eigenvalue weighted by Gasteiger charge is -2.38. The zero-order chi connectivity index (χ0) is 28.5. The molecule has 0 aliphatic heterocycles. The number of rotatable bonds is 11. The van der Waals surface area contributed by atoms with Gasteiger partial charge in [0.2, 0.25) is 11.8 Å². The number of carbonyl (C=O) groups excluding carboxylic acids is 3. The number of amides is 3. The maximum Gasteiger partial charge on any atom is 0.408 e. The van der Waals surface area contributed by atoms with E-state index in [1.807, 2.05) is 82.3 Å². The lowest BCUT2D eigenvalue weighted by Crippen LogP contribution is -2.56. The minimum absolute atomic E-state index is 0.0388. The van der Waals surface area contributed by atoms with Gasteiger partial charge in [0.15, 0.2) is 0 Å². The first-order valence-corrected chi connectivity index (χ1v) is 13.6. The molecule has 0 fully saturated rings. The van der Waals surface area contributed by atoms with E-state index in [1.165, 1.54) is 0 Å². The minimum atomic E-state index is -0.929. The SMILES string of the molecule is CCCC(C)NC(=O)C(c1ccccc1C)N(C(=O)C(Cc1ccccc1)NC(=O)OC(C)(C)C)C(C)C. The Bertz CT molecular complexity index is 1060. The highest BCUT2D eigenvalue weighted by Gasteiger charge is 2.38. The summed E-state index contributed by atoms with van der Waals surface area (Å²) in [5.74, 6) is -0.584. The molecule has 0 aromatic heterocycles. The third-order valence-corrected chi connectivity index (χ3v) is 6.20. The second kappa shape index (κ2) is 14.0. The Kier molecular flexibility index (Phi) is 11.4. The van der Waals surface area contributed by atoms with E-state index in [9.17, 15) is 14.4 Å². The van der Waals surface area contributed by atoms with Crippen molar-refractivity contribution in [3.63, 3.8) is 0 Å². The Balaban J connectivity index is 2.54. The molecule has 7 nitrogen and oxygen atoms in total. The highest BCUT2D eigenvalue weighted by molar-refractivity contribution is 5.92. The number of nitrogens with one attached hydrogen (secondary N) is 2. The van der Waals surface area contributed by atoms with Crippen molar-refractivity contribution in [1.29, 1.82) is 0 Å². The largest absolute Gasteiger partial charge is 0.444 e. The van der Waals surface area contributed by atoms with Crippen LogP contribution in [0, 0.1) is 6.92 Å². The van der Waals surface area contributed by atoms with Gasteiger partial charge in [-0.15, -0.1) is 0 Å². The number of alkyl carbamates (subject to hydrolysis) is 1. The Morgan fingerprint density at radius 3 is 2.08 bits per heavy atom. The van der Waals surface area contributed by atoms with Crippen molar-refractivity contribution in [2.45, 2.75) is 104 Å². The third kappa shape index (κ3) is 9.19. The molecule has 2 aromatic rings. The second-order valence-electron chi connectivity index (χ2n) is 11.2. The molecule has 2 N–H and O–H groups in total. The zero-order valence-electron chi connectivity index (χ0n) is 24.2. The molecule has 0 radical (unpaired) electrons. The molecule has 0 aliphatic rings. The van der Waals surface area contributed by atoms with Crippen LogP contribution in [-0.4, -0.2) is 46.5 Å². The molecular weight excluding hydrogens is 478 g/mol. The molecule has 7 heteroatoms. The molecule has 2 rings (SSSR count). The van der Waals surface area contributed by atoms with Crippen molar-refractivity contribution in [3.8, 4) is 0 Å². The summed E-state index contributed by atoms with van der Waals surface area (Å²) in [6.45, 7) is 15.1. The van der Waals surface area contributed by atoms with Crippen LogP contribution in [0.5, 0.6) is 0 Å². The highest BCUT2D eigenvalue weighted by atomic mass is 16.6. The quantitative estimate of drug-likeness (QED) is 0.395. The van der Waals surface area contributed by atoms with Crippen molar-refractivity contribution in [2.75, 3.05) is 0 Å². The van der Waals surface area contributed by atoms with Gasteiger partial charge in [-0.3, -0.25) is 9.59 Å². The smallest absolute Gasteiger partial charge is 0.408 e. The van der Waals surface area contributed by atoms with Gasteiger partial charge >= 0.3 is 6.09 Å². The fraction of sp³-hybridized carbons (Fsp3) is 0.516. The molecule has 3 amide bonds. The number of hydrogen-bond acceptors (Lipinski definition) is 4. The summed E-state index contributed by atoms with van der Waals surface area (Å²) in [4.78, 5) is 42.5. The third-order valence-electron chi connectivity index (χ3n) is 6.20. The zero-order valence-corrected chi connectivity index (χ0v) is 24.2. The Morgan fingerprint density at radius 2 is 1.53 bits per heavy atom. The van der Waals surface area contributed by atoms with E-state index < -0.39 is 23.8 Å². The second-order valence-corrected chi connectivity index (χ2v) is 11.2. The fourth-order valence-electron chi connectivity index (χ4n) is 4.50. The number of aryl methyl sites for hydroxylation is 1. The average Bonchev–Trinajstić information content (AvgIpc) is 2.81. The molecular formula is C31H45N3O4. The van der Waals surface area contributed by atoms with Gasteiger partial charge in [0.25, 0.3) is 0 Å².